The molecule has 1 N–H and O–H groups in total. The molecule has 0 aliphatic rings. The maximum Gasteiger partial charge on any atom is 0.131 e. The second-order valence-electron chi connectivity index (χ2n) is 2.55. The summed E-state index contributed by atoms with van der Waals surface area (Å²) in [5.74, 6) is 0. The smallest absolute Gasteiger partial charge is 0.131 e. The molecule has 0 bridgehead atoms. The largest absolute Gasteiger partial charge is 0.359 e. The van der Waals surface area contributed by atoms with Crippen molar-refractivity contribution in [1.29, 1.82) is 0 Å². The number of nitrogens with one attached hydrogen (secondary N) is 1. The van der Waals surface area contributed by atoms with Gasteiger partial charge in [-0.1, -0.05) is 11.6 Å². The van der Waals surface area contributed by atoms with Crippen LogP contribution in [0.5, 0.6) is 0 Å². The van der Waals surface area contributed by atoms with Gasteiger partial charge >= 0.3 is 0 Å². The zero-order valence-corrected chi connectivity index (χ0v) is 6.81. The summed E-state index contributed by atoms with van der Waals surface area (Å²) in [7, 11) is 0. The number of aryl methyl sites for hydroxylation is 1. The number of nitrogens with zero attached hydrogens (tertiary/aromatic N) is 1. The lowest BCUT2D eigenvalue weighted by atomic mass is 10.3. The van der Waals surface area contributed by atoms with Gasteiger partial charge in [0.1, 0.15) is 5.15 Å². The SMILES string of the molecule is Cc1cc2cnc(Cl)cc2[nH]1. The van der Waals surface area contributed by atoms with Gasteiger partial charge in [-0.25, -0.2) is 4.98 Å². The highest BCUT2D eigenvalue weighted by atomic mass is 35.5. The number of aromatic amines is 1. The second-order valence-corrected chi connectivity index (χ2v) is 2.93. The first kappa shape index (κ1) is 6.68. The minimum atomic E-state index is 0.527. The second kappa shape index (κ2) is 2.24. The van der Waals surface area contributed by atoms with Crippen molar-refractivity contribution in [3.05, 3.63) is 29.2 Å². The summed E-state index contributed by atoms with van der Waals surface area (Å²) < 4.78 is 0. The summed E-state index contributed by atoms with van der Waals surface area (Å²) in [6, 6.07) is 3.86. The third kappa shape index (κ3) is 1.10. The van der Waals surface area contributed by atoms with Crippen LogP contribution in [0.1, 0.15) is 5.69 Å². The molecule has 2 rings (SSSR count). The van der Waals surface area contributed by atoms with E-state index >= 15 is 0 Å². The van der Waals surface area contributed by atoms with Crippen molar-refractivity contribution in [2.24, 2.45) is 0 Å². The van der Waals surface area contributed by atoms with Gasteiger partial charge in [-0.2, -0.15) is 0 Å². The third-order valence-corrected chi connectivity index (χ3v) is 1.81. The van der Waals surface area contributed by atoms with Crippen molar-refractivity contribution in [2.75, 3.05) is 0 Å². The van der Waals surface area contributed by atoms with Crippen LogP contribution in [0.15, 0.2) is 18.3 Å². The number of hydrogen-bond donors (Lipinski definition) is 1. The fourth-order valence-corrected chi connectivity index (χ4v) is 1.30. The Morgan fingerprint density at radius 2 is 2.27 bits per heavy atom. The van der Waals surface area contributed by atoms with Crippen LogP contribution in [0.4, 0.5) is 0 Å². The molecular formula is C8H7ClN2. The molecule has 0 radical (unpaired) electrons. The molecule has 0 aliphatic carbocycles. The summed E-state index contributed by atoms with van der Waals surface area (Å²) in [4.78, 5) is 7.14. The molecule has 0 aromatic carbocycles. The molecule has 56 valence electrons. The Morgan fingerprint density at radius 3 is 3.09 bits per heavy atom. The third-order valence-electron chi connectivity index (χ3n) is 1.61. The molecule has 0 aliphatic heterocycles. The summed E-state index contributed by atoms with van der Waals surface area (Å²) in [5.41, 5.74) is 2.17. The molecule has 0 fully saturated rings. The van der Waals surface area contributed by atoms with Crippen molar-refractivity contribution in [3.63, 3.8) is 0 Å². The average molecular weight is 167 g/mol. The molecule has 11 heavy (non-hydrogen) atoms. The van der Waals surface area contributed by atoms with E-state index in [1.165, 1.54) is 0 Å². The lowest BCUT2D eigenvalue weighted by molar-refractivity contribution is 1.29. The standard InChI is InChI=1S/C8H7ClN2/c1-5-2-6-4-10-8(9)3-7(6)11-5/h2-4,11H,1H3. The van der Waals surface area contributed by atoms with Crippen LogP contribution in [-0.4, -0.2) is 9.97 Å². The van der Waals surface area contributed by atoms with E-state index in [0.717, 1.165) is 16.6 Å². The van der Waals surface area contributed by atoms with Crippen molar-refractivity contribution in [2.45, 2.75) is 6.92 Å². The van der Waals surface area contributed by atoms with Gasteiger partial charge < -0.3 is 4.98 Å². The Labute approximate surface area is 69.2 Å². The Hall–Kier alpha value is -1.02. The monoisotopic (exact) mass is 166 g/mol. The van der Waals surface area contributed by atoms with E-state index < -0.39 is 0 Å². The highest BCUT2D eigenvalue weighted by Gasteiger charge is 1.97. The van der Waals surface area contributed by atoms with Crippen LogP contribution in [0.25, 0.3) is 10.9 Å². The molecule has 2 nitrogen and oxygen atoms in total. The van der Waals surface area contributed by atoms with E-state index in [1.807, 2.05) is 19.1 Å². The topological polar surface area (TPSA) is 28.7 Å². The van der Waals surface area contributed by atoms with Crippen LogP contribution in [0.3, 0.4) is 0 Å². The van der Waals surface area contributed by atoms with Gasteiger partial charge in [0.05, 0.1) is 5.52 Å². The zero-order valence-electron chi connectivity index (χ0n) is 6.06. The van der Waals surface area contributed by atoms with Gasteiger partial charge in [0.15, 0.2) is 0 Å². The summed E-state index contributed by atoms with van der Waals surface area (Å²) in [5, 5.41) is 1.63. The minimum absolute atomic E-state index is 0.527. The molecule has 2 aromatic heterocycles. The van der Waals surface area contributed by atoms with Crippen molar-refractivity contribution < 1.29 is 0 Å². The predicted molar refractivity (Wildman–Crippen MR) is 45.8 cm³/mol. The summed E-state index contributed by atoms with van der Waals surface area (Å²) >= 11 is 5.70. The molecule has 0 atom stereocenters. The molecule has 0 spiro atoms. The van der Waals surface area contributed by atoms with Gasteiger partial charge in [-0.15, -0.1) is 0 Å². The van der Waals surface area contributed by atoms with Gasteiger partial charge in [0.2, 0.25) is 0 Å². The lowest BCUT2D eigenvalue weighted by Gasteiger charge is -1.88. The van der Waals surface area contributed by atoms with E-state index in [1.54, 1.807) is 6.20 Å². The number of fused-ring (bicyclic) bond motifs is 1. The fraction of sp³-hybridized carbons (Fsp3) is 0.125. The number of rotatable bonds is 0. The molecule has 2 aromatic rings. The summed E-state index contributed by atoms with van der Waals surface area (Å²) in [6.45, 7) is 2.01. The van der Waals surface area contributed by atoms with E-state index in [-0.39, 0.29) is 0 Å². The number of halogens is 1. The van der Waals surface area contributed by atoms with Crippen molar-refractivity contribution >= 4 is 22.5 Å². The first-order chi connectivity index (χ1) is 5.25. The highest BCUT2D eigenvalue weighted by molar-refractivity contribution is 6.29. The molecule has 0 saturated heterocycles. The normalized spacial score (nSPS) is 10.7. The molecule has 0 unspecified atom stereocenters. The van der Waals surface area contributed by atoms with Gasteiger partial charge in [-0.05, 0) is 19.1 Å². The number of H-pyrrole nitrogens is 1. The Kier molecular flexibility index (Phi) is 1.36. The molecule has 3 heteroatoms. The van der Waals surface area contributed by atoms with E-state index in [2.05, 4.69) is 9.97 Å². The Morgan fingerprint density at radius 1 is 1.45 bits per heavy atom. The van der Waals surface area contributed by atoms with Crippen molar-refractivity contribution in [3.8, 4) is 0 Å². The van der Waals surface area contributed by atoms with E-state index in [0.29, 0.717) is 5.15 Å². The van der Waals surface area contributed by atoms with Crippen molar-refractivity contribution in [1.82, 2.24) is 9.97 Å². The first-order valence-corrected chi connectivity index (χ1v) is 3.74. The summed E-state index contributed by atoms with van der Waals surface area (Å²) in [6.07, 6.45) is 1.77. The van der Waals surface area contributed by atoms with E-state index in [4.69, 9.17) is 11.6 Å². The highest BCUT2D eigenvalue weighted by Crippen LogP contribution is 2.16. The zero-order chi connectivity index (χ0) is 7.84. The molecule has 2 heterocycles. The van der Waals surface area contributed by atoms with Crippen LogP contribution in [-0.2, 0) is 0 Å². The van der Waals surface area contributed by atoms with Crippen LogP contribution in [0.2, 0.25) is 5.15 Å². The fourth-order valence-electron chi connectivity index (χ4n) is 1.15. The number of hydrogen-bond acceptors (Lipinski definition) is 1. The Bertz CT molecular complexity index is 392. The maximum absolute atomic E-state index is 5.70. The lowest BCUT2D eigenvalue weighted by Crippen LogP contribution is -1.73. The molecular weight excluding hydrogens is 160 g/mol. The van der Waals surface area contributed by atoms with Gasteiger partial charge in [0, 0.05) is 17.3 Å². The number of pyridine rings is 1. The average Bonchev–Trinajstić information content (AvgIpc) is 2.27. The first-order valence-electron chi connectivity index (χ1n) is 3.36. The predicted octanol–water partition coefficient (Wildman–Crippen LogP) is 2.52. The van der Waals surface area contributed by atoms with Crippen LogP contribution >= 0.6 is 11.6 Å². The maximum atomic E-state index is 5.70. The molecule has 0 amide bonds. The van der Waals surface area contributed by atoms with Gasteiger partial charge in [0.25, 0.3) is 0 Å². The van der Waals surface area contributed by atoms with Crippen LogP contribution in [0, 0.1) is 6.92 Å². The van der Waals surface area contributed by atoms with Crippen LogP contribution < -0.4 is 0 Å². The molecule has 0 saturated carbocycles. The quantitative estimate of drug-likeness (QED) is 0.599. The number of aromatic nitrogens is 2. The minimum Gasteiger partial charge on any atom is -0.359 e. The van der Waals surface area contributed by atoms with E-state index in [9.17, 15) is 0 Å². The Balaban J connectivity index is 2.82. The van der Waals surface area contributed by atoms with Gasteiger partial charge in [-0.3, -0.25) is 0 Å².